The third-order valence-corrected chi connectivity index (χ3v) is 4.48. The third kappa shape index (κ3) is 3.84. The van der Waals surface area contributed by atoms with Crippen LogP contribution in [0.25, 0.3) is 0 Å². The quantitative estimate of drug-likeness (QED) is 0.853. The van der Waals surface area contributed by atoms with Gasteiger partial charge in [-0.25, -0.2) is 9.67 Å². The number of hydrogen-bond donors (Lipinski definition) is 0. The highest BCUT2D eigenvalue weighted by Gasteiger charge is 2.24. The topological polar surface area (TPSA) is 43.2 Å². The van der Waals surface area contributed by atoms with E-state index < -0.39 is 0 Å². The van der Waals surface area contributed by atoms with Crippen LogP contribution < -0.4 is 0 Å². The van der Waals surface area contributed by atoms with E-state index in [1.54, 1.807) is 0 Å². The number of hydrogen-bond acceptors (Lipinski definition) is 4. The molecule has 2 atom stereocenters. The van der Waals surface area contributed by atoms with Gasteiger partial charge in [-0.1, -0.05) is 0 Å². The molecule has 0 spiro atoms. The Morgan fingerprint density at radius 3 is 2.90 bits per heavy atom. The summed E-state index contributed by atoms with van der Waals surface area (Å²) in [7, 11) is 0. The van der Waals surface area contributed by atoms with Gasteiger partial charge in [-0.3, -0.25) is 4.90 Å². The molecule has 116 valence electrons. The minimum atomic E-state index is 0.379. The molecule has 2 aliphatic heterocycles. The van der Waals surface area contributed by atoms with Crippen molar-refractivity contribution in [2.75, 3.05) is 19.6 Å². The number of piperidine rings is 1. The van der Waals surface area contributed by atoms with Gasteiger partial charge in [0.05, 0.1) is 6.26 Å². The van der Waals surface area contributed by atoms with Crippen molar-refractivity contribution in [2.45, 2.75) is 52.2 Å². The molecule has 0 bridgehead atoms. The average Bonchev–Trinajstić information content (AvgIpc) is 2.78. The summed E-state index contributed by atoms with van der Waals surface area (Å²) in [5.74, 6) is 2.59. The van der Waals surface area contributed by atoms with Gasteiger partial charge in [-0.05, 0) is 58.1 Å². The molecule has 0 radical (unpaired) electrons. The Labute approximate surface area is 127 Å². The molecular formula is C16H26N4O. The largest absolute Gasteiger partial charge is 0.497 e. The first-order valence-corrected chi connectivity index (χ1v) is 8.11. The number of nitrogens with zero attached hydrogens (tertiary/aromatic N) is 4. The molecule has 0 saturated carbocycles. The van der Waals surface area contributed by atoms with Crippen LogP contribution in [-0.2, 0) is 11.3 Å². The smallest absolute Gasteiger partial charge is 0.147 e. The van der Waals surface area contributed by atoms with Crippen molar-refractivity contribution in [1.29, 1.82) is 0 Å². The predicted octanol–water partition coefficient (Wildman–Crippen LogP) is 2.30. The number of rotatable bonds is 4. The van der Waals surface area contributed by atoms with Crippen molar-refractivity contribution >= 4 is 0 Å². The van der Waals surface area contributed by atoms with Gasteiger partial charge >= 0.3 is 0 Å². The van der Waals surface area contributed by atoms with Crippen LogP contribution in [0, 0.1) is 19.8 Å². The lowest BCUT2D eigenvalue weighted by atomic mass is 9.97. The molecule has 2 aliphatic rings. The van der Waals surface area contributed by atoms with Crippen molar-refractivity contribution < 1.29 is 4.74 Å². The van der Waals surface area contributed by atoms with Gasteiger partial charge in [0, 0.05) is 19.6 Å². The van der Waals surface area contributed by atoms with Crippen molar-refractivity contribution in [3.63, 3.8) is 0 Å². The van der Waals surface area contributed by atoms with Gasteiger partial charge in [-0.2, -0.15) is 5.10 Å². The molecule has 0 aromatic carbocycles. The van der Waals surface area contributed by atoms with E-state index in [4.69, 9.17) is 4.74 Å². The second kappa shape index (κ2) is 6.60. The SMILES string of the molecule is Cc1nc(C)n(C[C@@H]2CCCN(C[C@@H]3CCC=CO3)C2)n1. The lowest BCUT2D eigenvalue weighted by molar-refractivity contribution is 0.0570. The maximum Gasteiger partial charge on any atom is 0.147 e. The summed E-state index contributed by atoms with van der Waals surface area (Å²) in [6.45, 7) is 8.43. The Morgan fingerprint density at radius 1 is 1.29 bits per heavy atom. The van der Waals surface area contributed by atoms with E-state index in [-0.39, 0.29) is 0 Å². The number of allylic oxidation sites excluding steroid dienone is 1. The normalized spacial score (nSPS) is 26.8. The van der Waals surface area contributed by atoms with Gasteiger partial charge in [0.25, 0.3) is 0 Å². The van der Waals surface area contributed by atoms with Crippen LogP contribution >= 0.6 is 0 Å². The number of likely N-dealkylation sites (tertiary alicyclic amines) is 1. The molecular weight excluding hydrogens is 264 g/mol. The predicted molar refractivity (Wildman–Crippen MR) is 81.9 cm³/mol. The summed E-state index contributed by atoms with van der Waals surface area (Å²) in [6, 6.07) is 0. The summed E-state index contributed by atoms with van der Waals surface area (Å²) >= 11 is 0. The molecule has 0 unspecified atom stereocenters. The highest BCUT2D eigenvalue weighted by Crippen LogP contribution is 2.21. The highest BCUT2D eigenvalue weighted by atomic mass is 16.5. The van der Waals surface area contributed by atoms with Crippen LogP contribution in [0.4, 0.5) is 0 Å². The standard InChI is InChI=1S/C16H26N4O/c1-13-17-14(2)20(18-13)11-15-6-5-8-19(10-15)12-16-7-3-4-9-21-16/h4,9,15-16H,3,5-8,10-12H2,1-2H3/t15-,16+/m1/s1. The molecule has 1 aromatic rings. The Morgan fingerprint density at radius 2 is 2.19 bits per heavy atom. The van der Waals surface area contributed by atoms with Crippen molar-refractivity contribution in [3.05, 3.63) is 24.0 Å². The lowest BCUT2D eigenvalue weighted by Gasteiger charge is -2.35. The number of aromatic nitrogens is 3. The van der Waals surface area contributed by atoms with Crippen LogP contribution in [-0.4, -0.2) is 45.4 Å². The molecule has 1 saturated heterocycles. The molecule has 3 rings (SSSR count). The summed E-state index contributed by atoms with van der Waals surface area (Å²) < 4.78 is 7.78. The van der Waals surface area contributed by atoms with Crippen molar-refractivity contribution in [2.24, 2.45) is 5.92 Å². The van der Waals surface area contributed by atoms with Gasteiger partial charge in [0.15, 0.2) is 0 Å². The van der Waals surface area contributed by atoms with Crippen LogP contribution in [0.15, 0.2) is 12.3 Å². The fourth-order valence-electron chi connectivity index (χ4n) is 3.45. The minimum absolute atomic E-state index is 0.379. The van der Waals surface area contributed by atoms with E-state index in [1.807, 2.05) is 20.1 Å². The number of ether oxygens (including phenoxy) is 1. The first-order valence-electron chi connectivity index (χ1n) is 8.11. The molecule has 1 fully saturated rings. The van der Waals surface area contributed by atoms with E-state index in [0.29, 0.717) is 12.0 Å². The Kier molecular flexibility index (Phi) is 4.58. The van der Waals surface area contributed by atoms with E-state index in [1.165, 1.54) is 19.4 Å². The Balaban J connectivity index is 1.53. The van der Waals surface area contributed by atoms with Gasteiger partial charge in [0.1, 0.15) is 17.8 Å². The zero-order chi connectivity index (χ0) is 14.7. The first kappa shape index (κ1) is 14.6. The molecule has 0 amide bonds. The van der Waals surface area contributed by atoms with Crippen LogP contribution in [0.2, 0.25) is 0 Å². The molecule has 3 heterocycles. The zero-order valence-corrected chi connectivity index (χ0v) is 13.2. The maximum atomic E-state index is 5.71. The third-order valence-electron chi connectivity index (χ3n) is 4.48. The van der Waals surface area contributed by atoms with Gasteiger partial charge < -0.3 is 4.74 Å². The van der Waals surface area contributed by atoms with Crippen LogP contribution in [0.1, 0.15) is 37.3 Å². The van der Waals surface area contributed by atoms with E-state index in [2.05, 4.69) is 25.7 Å². The monoisotopic (exact) mass is 290 g/mol. The average molecular weight is 290 g/mol. The molecule has 0 N–H and O–H groups in total. The second-order valence-electron chi connectivity index (χ2n) is 6.36. The van der Waals surface area contributed by atoms with Crippen LogP contribution in [0.3, 0.4) is 0 Å². The molecule has 1 aromatic heterocycles. The summed E-state index contributed by atoms with van der Waals surface area (Å²) in [5, 5.41) is 4.50. The molecule has 5 nitrogen and oxygen atoms in total. The summed E-state index contributed by atoms with van der Waals surface area (Å²) in [5.41, 5.74) is 0. The summed E-state index contributed by atoms with van der Waals surface area (Å²) in [6.07, 6.45) is 9.24. The van der Waals surface area contributed by atoms with Crippen LogP contribution in [0.5, 0.6) is 0 Å². The van der Waals surface area contributed by atoms with Crippen molar-refractivity contribution in [3.8, 4) is 0 Å². The fraction of sp³-hybridized carbons (Fsp3) is 0.750. The minimum Gasteiger partial charge on any atom is -0.497 e. The maximum absolute atomic E-state index is 5.71. The van der Waals surface area contributed by atoms with E-state index in [0.717, 1.165) is 44.1 Å². The van der Waals surface area contributed by atoms with Gasteiger partial charge in [-0.15, -0.1) is 0 Å². The van der Waals surface area contributed by atoms with E-state index >= 15 is 0 Å². The number of aryl methyl sites for hydroxylation is 2. The second-order valence-corrected chi connectivity index (χ2v) is 6.36. The van der Waals surface area contributed by atoms with E-state index in [9.17, 15) is 0 Å². The van der Waals surface area contributed by atoms with Crippen molar-refractivity contribution in [1.82, 2.24) is 19.7 Å². The highest BCUT2D eigenvalue weighted by molar-refractivity contribution is 4.89. The molecule has 21 heavy (non-hydrogen) atoms. The van der Waals surface area contributed by atoms with Gasteiger partial charge in [0.2, 0.25) is 0 Å². The first-order chi connectivity index (χ1) is 10.2. The fourth-order valence-corrected chi connectivity index (χ4v) is 3.45. The molecule has 5 heteroatoms. The zero-order valence-electron chi connectivity index (χ0n) is 13.2. The summed E-state index contributed by atoms with van der Waals surface area (Å²) in [4.78, 5) is 6.97. The Bertz CT molecular complexity index is 496. The Hall–Kier alpha value is -1.36. The molecule has 0 aliphatic carbocycles. The lowest BCUT2D eigenvalue weighted by Crippen LogP contribution is -2.42.